The van der Waals surface area contributed by atoms with Crippen LogP contribution in [-0.2, 0) is 14.3 Å². The molecule has 3 atom stereocenters. The van der Waals surface area contributed by atoms with Crippen molar-refractivity contribution in [3.63, 3.8) is 0 Å². The summed E-state index contributed by atoms with van der Waals surface area (Å²) in [6.45, 7) is 8.75. The Balaban J connectivity index is 2.16. The molecule has 1 amide bonds. The molecular weight excluding hydrogens is 244 g/mol. The summed E-state index contributed by atoms with van der Waals surface area (Å²) in [7, 11) is 0. The fraction of sp³-hybridized carbons (Fsp3) is 0.929. The summed E-state index contributed by atoms with van der Waals surface area (Å²) in [5, 5.41) is 2.93. The molecule has 19 heavy (non-hydrogen) atoms. The number of carbonyl (C=O) groups is 1. The van der Waals surface area contributed by atoms with Crippen molar-refractivity contribution in [2.45, 2.75) is 64.9 Å². The SMILES string of the molecule is CC(N)CCCC(C)C(=O)NCC1COC(C)(C)O1. The number of hydrogen-bond donors (Lipinski definition) is 2. The molecule has 0 radical (unpaired) electrons. The van der Waals surface area contributed by atoms with Gasteiger partial charge in [-0.25, -0.2) is 0 Å². The molecule has 3 N–H and O–H groups in total. The van der Waals surface area contributed by atoms with E-state index in [2.05, 4.69) is 5.32 Å². The molecule has 0 aliphatic carbocycles. The molecule has 1 aliphatic heterocycles. The summed E-state index contributed by atoms with van der Waals surface area (Å²) in [4.78, 5) is 11.9. The second-order valence-corrected chi connectivity index (χ2v) is 6.01. The van der Waals surface area contributed by atoms with Crippen LogP contribution in [0.2, 0.25) is 0 Å². The molecular formula is C14H28N2O3. The average Bonchev–Trinajstić information content (AvgIpc) is 2.65. The van der Waals surface area contributed by atoms with E-state index in [0.29, 0.717) is 13.2 Å². The molecule has 1 saturated heterocycles. The number of hydrogen-bond acceptors (Lipinski definition) is 4. The van der Waals surface area contributed by atoms with E-state index in [1.165, 1.54) is 0 Å². The topological polar surface area (TPSA) is 73.6 Å². The van der Waals surface area contributed by atoms with Gasteiger partial charge in [-0.3, -0.25) is 4.79 Å². The average molecular weight is 272 g/mol. The third-order valence-corrected chi connectivity index (χ3v) is 3.32. The highest BCUT2D eigenvalue weighted by Gasteiger charge is 2.32. The number of nitrogens with two attached hydrogens (primary N) is 1. The normalized spacial score (nSPS) is 25.0. The van der Waals surface area contributed by atoms with E-state index >= 15 is 0 Å². The standard InChI is InChI=1S/C14H28N2O3/c1-10(6-5-7-11(2)15)13(17)16-8-12-9-18-14(3,4)19-12/h10-12H,5-9,15H2,1-4H3,(H,16,17). The number of rotatable bonds is 7. The third-order valence-electron chi connectivity index (χ3n) is 3.32. The maximum atomic E-state index is 11.9. The highest BCUT2D eigenvalue weighted by atomic mass is 16.7. The first kappa shape index (κ1) is 16.4. The Kier molecular flexibility index (Phi) is 6.23. The van der Waals surface area contributed by atoms with Crippen LogP contribution in [0.4, 0.5) is 0 Å². The van der Waals surface area contributed by atoms with Crippen LogP contribution < -0.4 is 11.1 Å². The van der Waals surface area contributed by atoms with E-state index in [1.54, 1.807) is 0 Å². The lowest BCUT2D eigenvalue weighted by atomic mass is 10.0. The molecule has 1 rings (SSSR count). The first-order valence-electron chi connectivity index (χ1n) is 7.15. The van der Waals surface area contributed by atoms with Gasteiger partial charge in [-0.2, -0.15) is 0 Å². The molecule has 1 aliphatic rings. The van der Waals surface area contributed by atoms with Crippen molar-refractivity contribution in [2.24, 2.45) is 11.7 Å². The summed E-state index contributed by atoms with van der Waals surface area (Å²) in [5.74, 6) is -0.426. The summed E-state index contributed by atoms with van der Waals surface area (Å²) >= 11 is 0. The molecule has 5 heteroatoms. The van der Waals surface area contributed by atoms with Gasteiger partial charge in [0, 0.05) is 18.5 Å². The molecule has 5 nitrogen and oxygen atoms in total. The van der Waals surface area contributed by atoms with Gasteiger partial charge < -0.3 is 20.5 Å². The Bertz CT molecular complexity index is 292. The quantitative estimate of drug-likeness (QED) is 0.735. The lowest BCUT2D eigenvalue weighted by Crippen LogP contribution is -2.37. The first-order valence-corrected chi connectivity index (χ1v) is 7.15. The Hall–Kier alpha value is -0.650. The van der Waals surface area contributed by atoms with Gasteiger partial charge in [-0.1, -0.05) is 13.3 Å². The van der Waals surface area contributed by atoms with E-state index in [9.17, 15) is 4.79 Å². The second-order valence-electron chi connectivity index (χ2n) is 6.01. The van der Waals surface area contributed by atoms with E-state index < -0.39 is 5.79 Å². The number of nitrogens with one attached hydrogen (secondary N) is 1. The van der Waals surface area contributed by atoms with Crippen molar-refractivity contribution < 1.29 is 14.3 Å². The van der Waals surface area contributed by atoms with Gasteiger partial charge in [0.15, 0.2) is 5.79 Å². The minimum Gasteiger partial charge on any atom is -0.353 e. The predicted octanol–water partition coefficient (Wildman–Crippen LogP) is 1.41. The molecule has 0 aromatic rings. The Morgan fingerprint density at radius 2 is 2.11 bits per heavy atom. The molecule has 1 fully saturated rings. The van der Waals surface area contributed by atoms with Gasteiger partial charge in [-0.15, -0.1) is 0 Å². The van der Waals surface area contributed by atoms with Gasteiger partial charge in [-0.05, 0) is 33.6 Å². The molecule has 3 unspecified atom stereocenters. The van der Waals surface area contributed by atoms with Crippen LogP contribution in [0.3, 0.4) is 0 Å². The van der Waals surface area contributed by atoms with E-state index in [-0.39, 0.29) is 24.0 Å². The zero-order chi connectivity index (χ0) is 14.5. The number of amides is 1. The van der Waals surface area contributed by atoms with Gasteiger partial charge in [0.1, 0.15) is 6.10 Å². The summed E-state index contributed by atoms with van der Waals surface area (Å²) in [6, 6.07) is 0.210. The summed E-state index contributed by atoms with van der Waals surface area (Å²) in [5.41, 5.74) is 5.69. The van der Waals surface area contributed by atoms with Crippen molar-refractivity contribution in [2.75, 3.05) is 13.2 Å². The van der Waals surface area contributed by atoms with Crippen LogP contribution in [0, 0.1) is 5.92 Å². The number of ether oxygens (including phenoxy) is 2. The number of carbonyl (C=O) groups excluding carboxylic acids is 1. The molecule has 0 spiro atoms. The molecule has 0 saturated carbocycles. The lowest BCUT2D eigenvalue weighted by Gasteiger charge is -2.18. The van der Waals surface area contributed by atoms with Crippen molar-refractivity contribution in [1.82, 2.24) is 5.32 Å². The Morgan fingerprint density at radius 1 is 1.42 bits per heavy atom. The third kappa shape index (κ3) is 6.36. The van der Waals surface area contributed by atoms with Gasteiger partial charge >= 0.3 is 0 Å². The maximum Gasteiger partial charge on any atom is 0.222 e. The monoisotopic (exact) mass is 272 g/mol. The van der Waals surface area contributed by atoms with Crippen LogP contribution >= 0.6 is 0 Å². The summed E-state index contributed by atoms with van der Waals surface area (Å²) in [6.07, 6.45) is 2.78. The minimum atomic E-state index is -0.529. The molecule has 1 heterocycles. The fourth-order valence-electron chi connectivity index (χ4n) is 2.13. The second kappa shape index (κ2) is 7.22. The largest absolute Gasteiger partial charge is 0.353 e. The molecule has 0 bridgehead atoms. The maximum absolute atomic E-state index is 11.9. The zero-order valence-electron chi connectivity index (χ0n) is 12.6. The Morgan fingerprint density at radius 3 is 2.63 bits per heavy atom. The van der Waals surface area contributed by atoms with Gasteiger partial charge in [0.05, 0.1) is 6.61 Å². The van der Waals surface area contributed by atoms with Crippen molar-refractivity contribution >= 4 is 5.91 Å². The van der Waals surface area contributed by atoms with Crippen molar-refractivity contribution in [1.29, 1.82) is 0 Å². The molecule has 0 aromatic carbocycles. The van der Waals surface area contributed by atoms with Gasteiger partial charge in [0.25, 0.3) is 0 Å². The summed E-state index contributed by atoms with van der Waals surface area (Å²) < 4.78 is 11.1. The van der Waals surface area contributed by atoms with E-state index in [1.807, 2.05) is 27.7 Å². The lowest BCUT2D eigenvalue weighted by molar-refractivity contribution is -0.140. The van der Waals surface area contributed by atoms with Crippen LogP contribution in [0.1, 0.15) is 47.0 Å². The smallest absolute Gasteiger partial charge is 0.222 e. The van der Waals surface area contributed by atoms with Crippen LogP contribution in [0.25, 0.3) is 0 Å². The highest BCUT2D eigenvalue weighted by molar-refractivity contribution is 5.78. The van der Waals surface area contributed by atoms with Crippen LogP contribution in [0.5, 0.6) is 0 Å². The van der Waals surface area contributed by atoms with Crippen molar-refractivity contribution in [3.05, 3.63) is 0 Å². The molecule has 0 aromatic heterocycles. The highest BCUT2D eigenvalue weighted by Crippen LogP contribution is 2.21. The molecule has 112 valence electrons. The zero-order valence-corrected chi connectivity index (χ0v) is 12.6. The first-order chi connectivity index (χ1) is 8.80. The van der Waals surface area contributed by atoms with E-state index in [4.69, 9.17) is 15.2 Å². The fourth-order valence-corrected chi connectivity index (χ4v) is 2.13. The minimum absolute atomic E-state index is 0.0223. The van der Waals surface area contributed by atoms with Crippen LogP contribution in [-0.4, -0.2) is 37.0 Å². The van der Waals surface area contributed by atoms with E-state index in [0.717, 1.165) is 19.3 Å². The Labute approximate surface area is 116 Å². The van der Waals surface area contributed by atoms with Crippen molar-refractivity contribution in [3.8, 4) is 0 Å². The predicted molar refractivity (Wildman–Crippen MR) is 74.6 cm³/mol. The van der Waals surface area contributed by atoms with Gasteiger partial charge in [0.2, 0.25) is 5.91 Å². The van der Waals surface area contributed by atoms with Crippen LogP contribution in [0.15, 0.2) is 0 Å².